The molecule has 1 heterocycles. The Labute approximate surface area is 146 Å². The second kappa shape index (κ2) is 6.93. The number of nitrogens with zero attached hydrogens (tertiary/aromatic N) is 1. The number of nitrogens with one attached hydrogen (secondary N) is 1. The summed E-state index contributed by atoms with van der Waals surface area (Å²) in [5.41, 5.74) is 1.86. The molecular formula is C18H19FN2O3S. The molecule has 0 spiro atoms. The number of carbonyl (C=O) groups excluding carboxylic acids is 1. The molecule has 1 N–H and O–H groups in total. The van der Waals surface area contributed by atoms with Crippen LogP contribution in [0.2, 0.25) is 0 Å². The molecule has 0 aromatic heterocycles. The predicted octanol–water partition coefficient (Wildman–Crippen LogP) is 2.74. The zero-order valence-electron chi connectivity index (χ0n) is 13.8. The number of anilines is 1. The average molecular weight is 362 g/mol. The quantitative estimate of drug-likeness (QED) is 0.889. The van der Waals surface area contributed by atoms with Gasteiger partial charge in [0.15, 0.2) is 0 Å². The van der Waals surface area contributed by atoms with Gasteiger partial charge in [-0.15, -0.1) is 0 Å². The van der Waals surface area contributed by atoms with E-state index in [1.165, 1.54) is 18.2 Å². The van der Waals surface area contributed by atoms with Crippen molar-refractivity contribution in [3.8, 4) is 0 Å². The molecule has 2 aromatic carbocycles. The highest BCUT2D eigenvalue weighted by atomic mass is 32.2. The van der Waals surface area contributed by atoms with E-state index in [1.807, 2.05) is 0 Å². The van der Waals surface area contributed by atoms with E-state index in [2.05, 4.69) is 4.72 Å². The third kappa shape index (κ3) is 3.88. The highest BCUT2D eigenvalue weighted by Crippen LogP contribution is 2.23. The lowest BCUT2D eigenvalue weighted by Gasteiger charge is -2.16. The SMILES string of the molecule is Cc1cc(CNS(=O)(=O)c2ccc(N3CCCC3=O)cc2)ccc1F. The summed E-state index contributed by atoms with van der Waals surface area (Å²) in [6, 6.07) is 10.7. The smallest absolute Gasteiger partial charge is 0.240 e. The number of aryl methyl sites for hydroxylation is 1. The standard InChI is InChI=1S/C18H19FN2O3S/c1-13-11-14(4-9-17(13)19)12-20-25(23,24)16-7-5-15(6-8-16)21-10-2-3-18(21)22/h4-9,11,20H,2-3,10,12H2,1H3. The summed E-state index contributed by atoms with van der Waals surface area (Å²) in [6.07, 6.45) is 1.34. The third-order valence-corrected chi connectivity index (χ3v) is 5.64. The van der Waals surface area contributed by atoms with Crippen LogP contribution in [0, 0.1) is 12.7 Å². The van der Waals surface area contributed by atoms with E-state index in [1.54, 1.807) is 36.1 Å². The van der Waals surface area contributed by atoms with Crippen LogP contribution in [0.15, 0.2) is 47.4 Å². The molecule has 1 aliphatic heterocycles. The summed E-state index contributed by atoms with van der Waals surface area (Å²) in [7, 11) is -3.68. The van der Waals surface area contributed by atoms with Crippen molar-refractivity contribution in [1.29, 1.82) is 0 Å². The summed E-state index contributed by atoms with van der Waals surface area (Å²) < 4.78 is 40.5. The number of rotatable bonds is 5. The van der Waals surface area contributed by atoms with Gasteiger partial charge < -0.3 is 4.90 Å². The van der Waals surface area contributed by atoms with Gasteiger partial charge in [-0.1, -0.05) is 12.1 Å². The summed E-state index contributed by atoms with van der Waals surface area (Å²) in [4.78, 5) is 13.5. The fraction of sp³-hybridized carbons (Fsp3) is 0.278. The highest BCUT2D eigenvalue weighted by Gasteiger charge is 2.22. The fourth-order valence-electron chi connectivity index (χ4n) is 2.80. The van der Waals surface area contributed by atoms with Crippen molar-refractivity contribution in [2.24, 2.45) is 0 Å². The van der Waals surface area contributed by atoms with Crippen molar-refractivity contribution in [3.63, 3.8) is 0 Å². The molecule has 2 aromatic rings. The van der Waals surface area contributed by atoms with Crippen LogP contribution in [0.1, 0.15) is 24.0 Å². The van der Waals surface area contributed by atoms with Crippen LogP contribution in [0.3, 0.4) is 0 Å². The molecule has 0 aliphatic carbocycles. The van der Waals surface area contributed by atoms with Crippen LogP contribution in [-0.4, -0.2) is 20.9 Å². The Kier molecular flexibility index (Phi) is 4.87. The molecule has 0 atom stereocenters. The topological polar surface area (TPSA) is 66.5 Å². The van der Waals surface area contributed by atoms with Crippen molar-refractivity contribution < 1.29 is 17.6 Å². The lowest BCUT2D eigenvalue weighted by molar-refractivity contribution is -0.117. The molecule has 132 valence electrons. The number of halogens is 1. The first-order valence-electron chi connectivity index (χ1n) is 8.02. The average Bonchev–Trinajstić information content (AvgIpc) is 3.02. The van der Waals surface area contributed by atoms with Gasteiger partial charge in [0.05, 0.1) is 4.90 Å². The normalized spacial score (nSPS) is 15.0. The molecule has 0 bridgehead atoms. The van der Waals surface area contributed by atoms with E-state index in [0.717, 1.165) is 6.42 Å². The summed E-state index contributed by atoms with van der Waals surface area (Å²) in [6.45, 7) is 2.37. The van der Waals surface area contributed by atoms with Crippen LogP contribution in [0.4, 0.5) is 10.1 Å². The van der Waals surface area contributed by atoms with Gasteiger partial charge in [0.1, 0.15) is 5.82 Å². The Morgan fingerprint density at radius 3 is 2.48 bits per heavy atom. The molecule has 0 unspecified atom stereocenters. The lowest BCUT2D eigenvalue weighted by atomic mass is 10.1. The molecule has 0 radical (unpaired) electrons. The minimum atomic E-state index is -3.68. The molecule has 1 fully saturated rings. The van der Waals surface area contributed by atoms with Crippen molar-refractivity contribution in [3.05, 3.63) is 59.4 Å². The molecule has 7 heteroatoms. The van der Waals surface area contributed by atoms with E-state index in [9.17, 15) is 17.6 Å². The van der Waals surface area contributed by atoms with Crippen molar-refractivity contribution >= 4 is 21.6 Å². The van der Waals surface area contributed by atoms with Gasteiger partial charge in [0.2, 0.25) is 15.9 Å². The molecule has 1 aliphatic rings. The van der Waals surface area contributed by atoms with Gasteiger partial charge >= 0.3 is 0 Å². The Balaban J connectivity index is 1.71. The first-order chi connectivity index (χ1) is 11.9. The van der Waals surface area contributed by atoms with Crippen molar-refractivity contribution in [1.82, 2.24) is 4.72 Å². The summed E-state index contributed by atoms with van der Waals surface area (Å²) in [5, 5.41) is 0. The van der Waals surface area contributed by atoms with Crippen molar-refractivity contribution in [2.45, 2.75) is 31.2 Å². The van der Waals surface area contributed by atoms with E-state index >= 15 is 0 Å². The zero-order valence-corrected chi connectivity index (χ0v) is 14.6. The first-order valence-corrected chi connectivity index (χ1v) is 9.50. The van der Waals surface area contributed by atoms with Gasteiger partial charge in [0.25, 0.3) is 0 Å². The number of carbonyl (C=O) groups is 1. The molecule has 5 nitrogen and oxygen atoms in total. The second-order valence-corrected chi connectivity index (χ2v) is 7.82. The van der Waals surface area contributed by atoms with Crippen LogP contribution in [0.5, 0.6) is 0 Å². The van der Waals surface area contributed by atoms with Crippen molar-refractivity contribution in [2.75, 3.05) is 11.4 Å². The highest BCUT2D eigenvalue weighted by molar-refractivity contribution is 7.89. The minimum Gasteiger partial charge on any atom is -0.312 e. The van der Waals surface area contributed by atoms with Crippen LogP contribution in [0.25, 0.3) is 0 Å². The number of sulfonamides is 1. The van der Waals surface area contributed by atoms with Gasteiger partial charge in [0, 0.05) is 25.2 Å². The molecule has 1 saturated heterocycles. The van der Waals surface area contributed by atoms with Gasteiger partial charge in [-0.25, -0.2) is 17.5 Å². The van der Waals surface area contributed by atoms with Gasteiger partial charge in [-0.2, -0.15) is 0 Å². The number of hydrogen-bond donors (Lipinski definition) is 1. The maximum atomic E-state index is 13.3. The molecule has 3 rings (SSSR count). The molecular weight excluding hydrogens is 343 g/mol. The van der Waals surface area contributed by atoms with E-state index in [0.29, 0.717) is 29.8 Å². The zero-order chi connectivity index (χ0) is 18.0. The Morgan fingerprint density at radius 1 is 1.16 bits per heavy atom. The molecule has 25 heavy (non-hydrogen) atoms. The summed E-state index contributed by atoms with van der Waals surface area (Å²) in [5.74, 6) is -0.265. The van der Waals surface area contributed by atoms with E-state index in [-0.39, 0.29) is 23.2 Å². The molecule has 1 amide bonds. The van der Waals surface area contributed by atoms with E-state index < -0.39 is 10.0 Å². The van der Waals surface area contributed by atoms with Crippen LogP contribution < -0.4 is 9.62 Å². The van der Waals surface area contributed by atoms with Gasteiger partial charge in [-0.3, -0.25) is 4.79 Å². The Hall–Kier alpha value is -2.25. The first kappa shape index (κ1) is 17.6. The van der Waals surface area contributed by atoms with Crippen LogP contribution in [-0.2, 0) is 21.4 Å². The maximum Gasteiger partial charge on any atom is 0.240 e. The summed E-state index contributed by atoms with van der Waals surface area (Å²) >= 11 is 0. The largest absolute Gasteiger partial charge is 0.312 e. The van der Waals surface area contributed by atoms with E-state index in [4.69, 9.17) is 0 Å². The monoisotopic (exact) mass is 362 g/mol. The minimum absolute atomic E-state index is 0.0559. The second-order valence-electron chi connectivity index (χ2n) is 6.05. The number of hydrogen-bond acceptors (Lipinski definition) is 3. The number of benzene rings is 2. The Bertz CT molecular complexity index is 895. The Morgan fingerprint density at radius 2 is 1.88 bits per heavy atom. The fourth-order valence-corrected chi connectivity index (χ4v) is 3.82. The van der Waals surface area contributed by atoms with Gasteiger partial charge in [-0.05, 0) is 54.8 Å². The predicted molar refractivity (Wildman–Crippen MR) is 93.2 cm³/mol. The lowest BCUT2D eigenvalue weighted by Crippen LogP contribution is -2.25. The maximum absolute atomic E-state index is 13.3. The van der Waals surface area contributed by atoms with Crippen LogP contribution >= 0.6 is 0 Å². The third-order valence-electron chi connectivity index (χ3n) is 4.22. The number of amides is 1. The molecule has 0 saturated carbocycles.